The van der Waals surface area contributed by atoms with Crippen LogP contribution < -0.4 is 0 Å². The zero-order chi connectivity index (χ0) is 11.0. The molecule has 0 aliphatic heterocycles. The van der Waals surface area contributed by atoms with Gasteiger partial charge in [0.25, 0.3) is 5.89 Å². The van der Waals surface area contributed by atoms with Crippen molar-refractivity contribution < 1.29 is 4.52 Å². The molecule has 1 aliphatic rings. The average Bonchev–Trinajstić information content (AvgIpc) is 2.83. The van der Waals surface area contributed by atoms with Crippen molar-refractivity contribution in [3.05, 3.63) is 22.8 Å². The molecule has 5 heteroatoms. The molecule has 2 aromatic heterocycles. The summed E-state index contributed by atoms with van der Waals surface area (Å²) >= 11 is 1.38. The first kappa shape index (κ1) is 9.55. The van der Waals surface area contributed by atoms with Crippen molar-refractivity contribution in [3.63, 3.8) is 0 Å². The third-order valence-corrected chi connectivity index (χ3v) is 3.54. The van der Waals surface area contributed by atoms with Gasteiger partial charge in [-0.2, -0.15) is 10.2 Å². The highest BCUT2D eigenvalue weighted by atomic mass is 32.1. The minimum atomic E-state index is 0.530. The molecule has 1 fully saturated rings. The molecule has 0 aromatic carbocycles. The summed E-state index contributed by atoms with van der Waals surface area (Å²) < 4.78 is 5.18. The van der Waals surface area contributed by atoms with E-state index in [0.717, 1.165) is 23.0 Å². The molecule has 0 unspecified atom stereocenters. The molecule has 0 saturated heterocycles. The Morgan fingerprint density at radius 2 is 2.38 bits per heavy atom. The smallest absolute Gasteiger partial charge is 0.268 e. The minimum absolute atomic E-state index is 0.530. The van der Waals surface area contributed by atoms with Gasteiger partial charge < -0.3 is 4.52 Å². The van der Waals surface area contributed by atoms with Crippen LogP contribution in [0.3, 0.4) is 0 Å². The second-order valence-corrected chi connectivity index (χ2v) is 5.02. The van der Waals surface area contributed by atoms with E-state index in [-0.39, 0.29) is 0 Å². The van der Waals surface area contributed by atoms with E-state index in [0.29, 0.717) is 10.8 Å². The van der Waals surface area contributed by atoms with Crippen molar-refractivity contribution in [1.82, 2.24) is 10.1 Å². The molecule has 0 N–H and O–H groups in total. The Balaban J connectivity index is 1.82. The molecule has 0 radical (unpaired) electrons. The lowest BCUT2D eigenvalue weighted by molar-refractivity contribution is 0.422. The standard InChI is InChI=1S/C11H9N3OS/c12-6-8-3-4-9(16-8)11-13-10(14-15-11)5-7-1-2-7/h3-4,7H,1-2,5H2. The summed E-state index contributed by atoms with van der Waals surface area (Å²) in [6.45, 7) is 0. The van der Waals surface area contributed by atoms with Gasteiger partial charge in [-0.15, -0.1) is 11.3 Å². The molecule has 1 saturated carbocycles. The van der Waals surface area contributed by atoms with Crippen LogP contribution >= 0.6 is 11.3 Å². The summed E-state index contributed by atoms with van der Waals surface area (Å²) in [6, 6.07) is 5.71. The van der Waals surface area contributed by atoms with Crippen molar-refractivity contribution in [1.29, 1.82) is 5.26 Å². The predicted molar refractivity (Wildman–Crippen MR) is 58.8 cm³/mol. The van der Waals surface area contributed by atoms with Gasteiger partial charge in [-0.3, -0.25) is 0 Å². The second kappa shape index (κ2) is 3.72. The van der Waals surface area contributed by atoms with Crippen LogP contribution in [0.5, 0.6) is 0 Å². The normalized spacial score (nSPS) is 14.9. The number of nitrogens with zero attached hydrogens (tertiary/aromatic N) is 3. The van der Waals surface area contributed by atoms with Crippen molar-refractivity contribution in [3.8, 4) is 16.8 Å². The lowest BCUT2D eigenvalue weighted by atomic mass is 10.3. The number of hydrogen-bond donors (Lipinski definition) is 0. The van der Waals surface area contributed by atoms with Crippen LogP contribution in [0.4, 0.5) is 0 Å². The maximum Gasteiger partial charge on any atom is 0.268 e. The van der Waals surface area contributed by atoms with E-state index >= 15 is 0 Å². The van der Waals surface area contributed by atoms with Crippen LogP contribution in [0.2, 0.25) is 0 Å². The maximum atomic E-state index is 8.72. The molecule has 2 aromatic rings. The van der Waals surface area contributed by atoms with Crippen molar-refractivity contribution >= 4 is 11.3 Å². The molecule has 4 nitrogen and oxygen atoms in total. The van der Waals surface area contributed by atoms with Gasteiger partial charge in [0.15, 0.2) is 5.82 Å². The van der Waals surface area contributed by atoms with E-state index in [9.17, 15) is 0 Å². The van der Waals surface area contributed by atoms with Gasteiger partial charge in [-0.05, 0) is 30.9 Å². The van der Waals surface area contributed by atoms with E-state index in [4.69, 9.17) is 9.78 Å². The molecule has 3 rings (SSSR count). The summed E-state index contributed by atoms with van der Waals surface area (Å²) in [6.07, 6.45) is 3.48. The monoisotopic (exact) mass is 231 g/mol. The highest BCUT2D eigenvalue weighted by molar-refractivity contribution is 7.15. The van der Waals surface area contributed by atoms with Gasteiger partial charge in [0.1, 0.15) is 10.9 Å². The Morgan fingerprint density at radius 3 is 3.06 bits per heavy atom. The highest BCUT2D eigenvalue weighted by Crippen LogP contribution is 2.32. The summed E-state index contributed by atoms with van der Waals surface area (Å²) in [5.74, 6) is 2.06. The number of hydrogen-bond acceptors (Lipinski definition) is 5. The first-order valence-corrected chi connectivity index (χ1v) is 5.99. The SMILES string of the molecule is N#Cc1ccc(-c2nc(CC3CC3)no2)s1. The molecular formula is C11H9N3OS. The van der Waals surface area contributed by atoms with Gasteiger partial charge in [0, 0.05) is 6.42 Å². The summed E-state index contributed by atoms with van der Waals surface area (Å²) in [4.78, 5) is 5.86. The first-order chi connectivity index (χ1) is 7.85. The molecule has 16 heavy (non-hydrogen) atoms. The Morgan fingerprint density at radius 1 is 1.50 bits per heavy atom. The van der Waals surface area contributed by atoms with Crippen LogP contribution in [0, 0.1) is 17.2 Å². The summed E-state index contributed by atoms with van der Waals surface area (Å²) in [5.41, 5.74) is 0. The maximum absolute atomic E-state index is 8.72. The number of rotatable bonds is 3. The van der Waals surface area contributed by atoms with Gasteiger partial charge >= 0.3 is 0 Å². The Bertz CT molecular complexity index is 548. The molecule has 0 bridgehead atoms. The quantitative estimate of drug-likeness (QED) is 0.814. The predicted octanol–water partition coefficient (Wildman–Crippen LogP) is 2.62. The van der Waals surface area contributed by atoms with Crippen LogP contribution in [-0.2, 0) is 6.42 Å². The van der Waals surface area contributed by atoms with E-state index in [2.05, 4.69) is 16.2 Å². The fourth-order valence-electron chi connectivity index (χ4n) is 1.53. The first-order valence-electron chi connectivity index (χ1n) is 5.18. The van der Waals surface area contributed by atoms with Crippen LogP contribution in [0.1, 0.15) is 23.5 Å². The lowest BCUT2D eigenvalue weighted by Gasteiger charge is -1.85. The van der Waals surface area contributed by atoms with Crippen LogP contribution in [0.15, 0.2) is 16.7 Å². The zero-order valence-electron chi connectivity index (χ0n) is 8.51. The Labute approximate surface area is 96.5 Å². The Hall–Kier alpha value is -1.67. The molecule has 1 aliphatic carbocycles. The minimum Gasteiger partial charge on any atom is -0.333 e. The fraction of sp³-hybridized carbons (Fsp3) is 0.364. The van der Waals surface area contributed by atoms with Gasteiger partial charge in [-0.25, -0.2) is 0 Å². The number of thiophene rings is 1. The molecule has 80 valence electrons. The largest absolute Gasteiger partial charge is 0.333 e. The average molecular weight is 231 g/mol. The van der Waals surface area contributed by atoms with Crippen molar-refractivity contribution in [2.45, 2.75) is 19.3 Å². The molecule has 0 atom stereocenters. The van der Waals surface area contributed by atoms with Gasteiger partial charge in [0.05, 0.1) is 4.88 Å². The van der Waals surface area contributed by atoms with E-state index in [1.165, 1.54) is 24.2 Å². The lowest BCUT2D eigenvalue weighted by Crippen LogP contribution is -1.88. The molecule has 0 amide bonds. The highest BCUT2D eigenvalue weighted by Gasteiger charge is 2.24. The molecular weight excluding hydrogens is 222 g/mol. The van der Waals surface area contributed by atoms with Crippen molar-refractivity contribution in [2.75, 3.05) is 0 Å². The molecule has 0 spiro atoms. The fourth-order valence-corrected chi connectivity index (χ4v) is 2.25. The summed E-state index contributed by atoms with van der Waals surface area (Å²) in [7, 11) is 0. The second-order valence-electron chi connectivity index (χ2n) is 3.94. The number of aromatic nitrogens is 2. The molecule has 2 heterocycles. The topological polar surface area (TPSA) is 62.7 Å². The third-order valence-electron chi connectivity index (χ3n) is 2.56. The van der Waals surface area contributed by atoms with E-state index < -0.39 is 0 Å². The van der Waals surface area contributed by atoms with E-state index in [1.54, 1.807) is 6.07 Å². The van der Waals surface area contributed by atoms with E-state index in [1.807, 2.05) is 6.07 Å². The third kappa shape index (κ3) is 1.84. The Kier molecular flexibility index (Phi) is 2.22. The number of nitriles is 1. The van der Waals surface area contributed by atoms with Crippen LogP contribution in [-0.4, -0.2) is 10.1 Å². The van der Waals surface area contributed by atoms with Gasteiger partial charge in [0.2, 0.25) is 0 Å². The van der Waals surface area contributed by atoms with Crippen LogP contribution in [0.25, 0.3) is 10.8 Å². The summed E-state index contributed by atoms with van der Waals surface area (Å²) in [5, 5.41) is 12.7. The zero-order valence-corrected chi connectivity index (χ0v) is 9.33. The van der Waals surface area contributed by atoms with Gasteiger partial charge in [-0.1, -0.05) is 5.16 Å². The van der Waals surface area contributed by atoms with Crippen molar-refractivity contribution in [2.24, 2.45) is 5.92 Å².